The molecule has 1 aromatic heterocycles. The highest BCUT2D eigenvalue weighted by molar-refractivity contribution is 5.80. The second-order valence-corrected chi connectivity index (χ2v) is 6.13. The Kier molecular flexibility index (Phi) is 6.91. The zero-order valence-corrected chi connectivity index (χ0v) is 16.0. The number of aromatic nitrogens is 1. The van der Waals surface area contributed by atoms with E-state index < -0.39 is 0 Å². The number of benzene rings is 1. The quantitative estimate of drug-likeness (QED) is 0.552. The fourth-order valence-corrected chi connectivity index (χ4v) is 2.69. The highest BCUT2D eigenvalue weighted by Gasteiger charge is 2.15. The molecule has 1 aromatic carbocycles. The molecule has 0 radical (unpaired) electrons. The Bertz CT molecular complexity index is 764. The summed E-state index contributed by atoms with van der Waals surface area (Å²) >= 11 is 0. The van der Waals surface area contributed by atoms with E-state index in [0.717, 1.165) is 34.8 Å². The predicted molar refractivity (Wildman–Crippen MR) is 104 cm³/mol. The molecule has 2 aromatic rings. The van der Waals surface area contributed by atoms with Crippen molar-refractivity contribution in [3.63, 3.8) is 0 Å². The average molecular weight is 357 g/mol. The molecule has 7 heteroatoms. The Morgan fingerprint density at radius 3 is 2.54 bits per heavy atom. The number of aryl methyl sites for hydroxylation is 2. The number of ether oxygens (including phenoxy) is 2. The van der Waals surface area contributed by atoms with Gasteiger partial charge in [-0.2, -0.15) is 5.11 Å². The molecule has 3 N–H and O–H groups in total. The van der Waals surface area contributed by atoms with Gasteiger partial charge in [0.25, 0.3) is 0 Å². The van der Waals surface area contributed by atoms with Gasteiger partial charge < -0.3 is 20.1 Å². The smallest absolute Gasteiger partial charge is 0.160 e. The molecular formula is C19H27N5O2. The van der Waals surface area contributed by atoms with Gasteiger partial charge in [0.2, 0.25) is 0 Å². The van der Waals surface area contributed by atoms with Crippen LogP contribution in [0.15, 0.2) is 29.4 Å². The van der Waals surface area contributed by atoms with E-state index in [2.05, 4.69) is 27.7 Å². The van der Waals surface area contributed by atoms with E-state index in [1.165, 1.54) is 0 Å². The van der Waals surface area contributed by atoms with Crippen molar-refractivity contribution in [2.45, 2.75) is 33.2 Å². The van der Waals surface area contributed by atoms with Crippen LogP contribution in [0.25, 0.3) is 0 Å². The number of anilines is 3. The predicted octanol–water partition coefficient (Wildman–Crippen LogP) is 4.95. The maximum absolute atomic E-state index is 7.64. The van der Waals surface area contributed by atoms with Gasteiger partial charge in [0, 0.05) is 24.5 Å². The van der Waals surface area contributed by atoms with Crippen LogP contribution < -0.4 is 15.4 Å². The molecule has 0 bridgehead atoms. The highest BCUT2D eigenvalue weighted by atomic mass is 16.5. The van der Waals surface area contributed by atoms with Crippen LogP contribution in [-0.2, 0) is 4.74 Å². The molecule has 0 saturated carbocycles. The first-order valence-corrected chi connectivity index (χ1v) is 8.58. The number of hydrogen-bond acceptors (Lipinski definition) is 7. The van der Waals surface area contributed by atoms with Crippen LogP contribution in [0.2, 0.25) is 0 Å². The van der Waals surface area contributed by atoms with Crippen LogP contribution >= 0.6 is 0 Å². The lowest BCUT2D eigenvalue weighted by atomic mass is 10.1. The van der Waals surface area contributed by atoms with Crippen molar-refractivity contribution >= 4 is 22.9 Å². The average Bonchev–Trinajstić information content (AvgIpc) is 2.62. The van der Waals surface area contributed by atoms with Crippen molar-refractivity contribution in [1.29, 1.82) is 5.53 Å². The number of nitrogens with zero attached hydrogens (tertiary/aromatic N) is 2. The first-order chi connectivity index (χ1) is 12.5. The van der Waals surface area contributed by atoms with Crippen molar-refractivity contribution in [2.24, 2.45) is 5.11 Å². The molecule has 7 nitrogen and oxygen atoms in total. The number of rotatable bonds is 9. The largest absolute Gasteiger partial charge is 0.497 e. The Hall–Kier alpha value is -2.67. The summed E-state index contributed by atoms with van der Waals surface area (Å²) in [5, 5.41) is 10.4. The molecule has 0 spiro atoms. The molecule has 1 heterocycles. The Morgan fingerprint density at radius 2 is 1.96 bits per heavy atom. The molecule has 2 rings (SSSR count). The normalized spacial score (nSPS) is 11.7. The van der Waals surface area contributed by atoms with E-state index in [9.17, 15) is 0 Å². The van der Waals surface area contributed by atoms with E-state index in [-0.39, 0.29) is 6.04 Å². The third kappa shape index (κ3) is 4.70. The minimum atomic E-state index is 0.137. The zero-order chi connectivity index (χ0) is 19.1. The van der Waals surface area contributed by atoms with Gasteiger partial charge in [-0.05, 0) is 50.1 Å². The van der Waals surface area contributed by atoms with Gasteiger partial charge in [-0.1, -0.05) is 6.92 Å². The molecule has 1 atom stereocenters. The summed E-state index contributed by atoms with van der Waals surface area (Å²) in [6.07, 6.45) is 0.896. The number of pyridine rings is 1. The van der Waals surface area contributed by atoms with E-state index in [1.807, 2.05) is 38.1 Å². The van der Waals surface area contributed by atoms with Gasteiger partial charge in [-0.25, -0.2) is 10.5 Å². The molecule has 0 saturated heterocycles. The second kappa shape index (κ2) is 9.15. The molecule has 26 heavy (non-hydrogen) atoms. The topological polar surface area (TPSA) is 91.6 Å². The summed E-state index contributed by atoms with van der Waals surface area (Å²) in [4.78, 5) is 4.54. The third-order valence-electron chi connectivity index (χ3n) is 4.14. The molecule has 0 aliphatic heterocycles. The first kappa shape index (κ1) is 19.7. The monoisotopic (exact) mass is 357 g/mol. The fraction of sp³-hybridized carbons (Fsp3) is 0.421. The summed E-state index contributed by atoms with van der Waals surface area (Å²) in [6.45, 7) is 6.57. The van der Waals surface area contributed by atoms with Gasteiger partial charge in [0.15, 0.2) is 11.5 Å². The van der Waals surface area contributed by atoms with Gasteiger partial charge in [0.1, 0.15) is 5.75 Å². The van der Waals surface area contributed by atoms with Crippen molar-refractivity contribution in [3.05, 3.63) is 35.5 Å². The minimum absolute atomic E-state index is 0.137. The molecule has 140 valence electrons. The number of methoxy groups -OCH3 is 2. The maximum atomic E-state index is 7.64. The standard InChI is InChI=1S/C19H27N5O2/c1-6-14(11-25-4)22-17-10-13(3)21-19(18(17)24-20)23-16-8-7-15(26-5)9-12(16)2/h7-10,14,20H,6,11H2,1-5H3,(H2,21,22,23). The fourth-order valence-electron chi connectivity index (χ4n) is 2.69. The zero-order valence-electron chi connectivity index (χ0n) is 16.0. The summed E-state index contributed by atoms with van der Waals surface area (Å²) in [7, 11) is 3.32. The van der Waals surface area contributed by atoms with E-state index in [4.69, 9.17) is 15.0 Å². The molecule has 0 aliphatic rings. The van der Waals surface area contributed by atoms with Crippen LogP contribution in [0, 0.1) is 19.4 Å². The Labute approximate surface area is 154 Å². The maximum Gasteiger partial charge on any atom is 0.160 e. The van der Waals surface area contributed by atoms with E-state index >= 15 is 0 Å². The summed E-state index contributed by atoms with van der Waals surface area (Å²) < 4.78 is 10.5. The molecule has 1 unspecified atom stereocenters. The SMILES string of the molecule is CCC(COC)Nc1cc(C)nc(Nc2ccc(OC)cc2C)c1N=N. The lowest BCUT2D eigenvalue weighted by Crippen LogP contribution is -2.24. The summed E-state index contributed by atoms with van der Waals surface area (Å²) in [6, 6.07) is 7.79. The van der Waals surface area contributed by atoms with Crippen molar-refractivity contribution in [3.8, 4) is 5.75 Å². The molecule has 0 fully saturated rings. The van der Waals surface area contributed by atoms with Crippen molar-refractivity contribution in [1.82, 2.24) is 4.98 Å². The molecule has 0 aliphatic carbocycles. The number of nitrogens with one attached hydrogen (secondary N) is 3. The van der Waals surface area contributed by atoms with Crippen LogP contribution in [0.3, 0.4) is 0 Å². The van der Waals surface area contributed by atoms with Crippen molar-refractivity contribution in [2.75, 3.05) is 31.5 Å². The van der Waals surface area contributed by atoms with Gasteiger partial charge >= 0.3 is 0 Å². The van der Waals surface area contributed by atoms with Crippen LogP contribution in [0.1, 0.15) is 24.6 Å². The summed E-state index contributed by atoms with van der Waals surface area (Å²) in [5.74, 6) is 1.34. The Balaban J connectivity index is 2.38. The third-order valence-corrected chi connectivity index (χ3v) is 4.14. The van der Waals surface area contributed by atoms with Gasteiger partial charge in [-0.3, -0.25) is 0 Å². The molecule has 0 amide bonds. The second-order valence-electron chi connectivity index (χ2n) is 6.13. The van der Waals surface area contributed by atoms with Crippen LogP contribution in [-0.4, -0.2) is 31.9 Å². The lowest BCUT2D eigenvalue weighted by molar-refractivity contribution is 0.184. The van der Waals surface area contributed by atoms with Gasteiger partial charge in [-0.15, -0.1) is 0 Å². The summed E-state index contributed by atoms with van der Waals surface area (Å²) in [5.41, 5.74) is 11.6. The van der Waals surface area contributed by atoms with Crippen LogP contribution in [0.4, 0.5) is 22.9 Å². The number of hydrogen-bond donors (Lipinski definition) is 3. The van der Waals surface area contributed by atoms with Crippen molar-refractivity contribution < 1.29 is 9.47 Å². The van der Waals surface area contributed by atoms with E-state index in [0.29, 0.717) is 18.1 Å². The lowest BCUT2D eigenvalue weighted by Gasteiger charge is -2.20. The Morgan fingerprint density at radius 1 is 1.19 bits per heavy atom. The first-order valence-electron chi connectivity index (χ1n) is 8.58. The van der Waals surface area contributed by atoms with Gasteiger partial charge in [0.05, 0.1) is 19.4 Å². The van der Waals surface area contributed by atoms with E-state index in [1.54, 1.807) is 14.2 Å². The highest BCUT2D eigenvalue weighted by Crippen LogP contribution is 2.36. The van der Waals surface area contributed by atoms with Crippen LogP contribution in [0.5, 0.6) is 5.75 Å². The molecular weight excluding hydrogens is 330 g/mol. The minimum Gasteiger partial charge on any atom is -0.497 e.